The second-order valence-electron chi connectivity index (χ2n) is 4.46. The van der Waals surface area contributed by atoms with Crippen molar-refractivity contribution in [2.24, 2.45) is 5.73 Å². The van der Waals surface area contributed by atoms with E-state index in [4.69, 9.17) is 22.7 Å². The molecule has 2 N–H and O–H groups in total. The fourth-order valence-corrected chi connectivity index (χ4v) is 2.19. The Kier molecular flexibility index (Phi) is 4.53. The molecule has 0 atom stereocenters. The maximum Gasteiger partial charge on any atom is 0.120 e. The van der Waals surface area contributed by atoms with Crippen molar-refractivity contribution in [2.75, 3.05) is 19.1 Å². The van der Waals surface area contributed by atoms with Crippen LogP contribution in [0.2, 0.25) is 0 Å². The molecule has 0 aliphatic carbocycles. The number of benzene rings is 1. The number of hydrogen-bond donors (Lipinski definition) is 1. The fraction of sp³-hybridized carbons (Fsp3) is 0.200. The van der Waals surface area contributed by atoms with E-state index >= 15 is 0 Å². The van der Waals surface area contributed by atoms with Crippen molar-refractivity contribution in [3.05, 3.63) is 53.9 Å². The molecule has 4 nitrogen and oxygen atoms in total. The summed E-state index contributed by atoms with van der Waals surface area (Å²) in [5.74, 6) is 0.776. The molecule has 0 radical (unpaired) electrons. The van der Waals surface area contributed by atoms with E-state index in [1.807, 2.05) is 43.6 Å². The van der Waals surface area contributed by atoms with E-state index < -0.39 is 0 Å². The lowest BCUT2D eigenvalue weighted by atomic mass is 10.1. The fourth-order valence-electron chi connectivity index (χ4n) is 2.01. The van der Waals surface area contributed by atoms with E-state index in [0.717, 1.165) is 29.1 Å². The van der Waals surface area contributed by atoms with Crippen LogP contribution in [0.5, 0.6) is 5.75 Å². The van der Waals surface area contributed by atoms with Gasteiger partial charge in [0.05, 0.1) is 12.8 Å². The van der Waals surface area contributed by atoms with E-state index in [1.54, 1.807) is 13.3 Å². The molecular weight excluding hydrogens is 270 g/mol. The Bertz CT molecular complexity index is 601. The van der Waals surface area contributed by atoms with Gasteiger partial charge in [-0.2, -0.15) is 0 Å². The summed E-state index contributed by atoms with van der Waals surface area (Å²) in [7, 11) is 3.63. The molecule has 5 heteroatoms. The Balaban J connectivity index is 2.32. The highest BCUT2D eigenvalue weighted by atomic mass is 32.1. The number of thiocarbonyl (C=S) groups is 1. The zero-order valence-electron chi connectivity index (χ0n) is 11.5. The van der Waals surface area contributed by atoms with Gasteiger partial charge in [0.2, 0.25) is 0 Å². The molecule has 0 fully saturated rings. The van der Waals surface area contributed by atoms with Crippen LogP contribution in [0.4, 0.5) is 5.69 Å². The van der Waals surface area contributed by atoms with Gasteiger partial charge in [0, 0.05) is 37.6 Å². The largest absolute Gasteiger partial charge is 0.497 e. The predicted molar refractivity (Wildman–Crippen MR) is 85.2 cm³/mol. The van der Waals surface area contributed by atoms with Crippen LogP contribution >= 0.6 is 12.2 Å². The van der Waals surface area contributed by atoms with Gasteiger partial charge in [0.25, 0.3) is 0 Å². The van der Waals surface area contributed by atoms with Crippen LogP contribution in [0.15, 0.2) is 42.7 Å². The van der Waals surface area contributed by atoms with Crippen molar-refractivity contribution >= 4 is 22.9 Å². The van der Waals surface area contributed by atoms with Crippen molar-refractivity contribution in [2.45, 2.75) is 6.54 Å². The molecule has 0 bridgehead atoms. The van der Waals surface area contributed by atoms with Crippen LogP contribution in [0, 0.1) is 0 Å². The third kappa shape index (κ3) is 3.24. The number of nitrogens with zero attached hydrogens (tertiary/aromatic N) is 2. The first-order valence-electron chi connectivity index (χ1n) is 6.19. The Hall–Kier alpha value is -2.14. The first-order chi connectivity index (χ1) is 9.61. The molecule has 0 unspecified atom stereocenters. The van der Waals surface area contributed by atoms with Gasteiger partial charge in [-0.05, 0) is 23.8 Å². The van der Waals surface area contributed by atoms with Gasteiger partial charge in [-0.25, -0.2) is 0 Å². The second-order valence-corrected chi connectivity index (χ2v) is 4.90. The maximum atomic E-state index is 5.79. The van der Waals surface area contributed by atoms with Gasteiger partial charge in [0.15, 0.2) is 0 Å². The quantitative estimate of drug-likeness (QED) is 0.856. The lowest BCUT2D eigenvalue weighted by Crippen LogP contribution is -2.21. The minimum atomic E-state index is 0.376. The molecule has 0 amide bonds. The van der Waals surface area contributed by atoms with Crippen LogP contribution in [0.1, 0.15) is 11.1 Å². The smallest absolute Gasteiger partial charge is 0.120 e. The topological polar surface area (TPSA) is 51.4 Å². The summed E-state index contributed by atoms with van der Waals surface area (Å²) in [5, 5.41) is 0. The highest BCUT2D eigenvalue weighted by molar-refractivity contribution is 7.80. The Morgan fingerprint density at radius 3 is 2.80 bits per heavy atom. The monoisotopic (exact) mass is 287 g/mol. The molecule has 2 aromatic rings. The summed E-state index contributed by atoms with van der Waals surface area (Å²) in [6, 6.07) is 9.63. The van der Waals surface area contributed by atoms with Crippen LogP contribution < -0.4 is 15.4 Å². The summed E-state index contributed by atoms with van der Waals surface area (Å²) in [5.41, 5.74) is 8.69. The number of hydrogen-bond acceptors (Lipinski definition) is 4. The average molecular weight is 287 g/mol. The van der Waals surface area contributed by atoms with E-state index in [2.05, 4.69) is 9.88 Å². The summed E-state index contributed by atoms with van der Waals surface area (Å²) in [4.78, 5) is 6.57. The molecule has 2 rings (SSSR count). The van der Waals surface area contributed by atoms with Crippen LogP contribution in [0.25, 0.3) is 0 Å². The number of pyridine rings is 1. The van der Waals surface area contributed by atoms with Crippen molar-refractivity contribution in [3.8, 4) is 5.75 Å². The number of nitrogens with two attached hydrogens (primary N) is 1. The SMILES string of the molecule is COc1ccc(C(N)=S)c(N(C)Cc2cccnc2)c1. The maximum absolute atomic E-state index is 5.79. The lowest BCUT2D eigenvalue weighted by molar-refractivity contribution is 0.415. The summed E-state index contributed by atoms with van der Waals surface area (Å²) < 4.78 is 5.27. The summed E-state index contributed by atoms with van der Waals surface area (Å²) >= 11 is 5.11. The van der Waals surface area contributed by atoms with Gasteiger partial charge in [-0.15, -0.1) is 0 Å². The molecule has 0 spiro atoms. The van der Waals surface area contributed by atoms with Crippen molar-refractivity contribution in [1.82, 2.24) is 4.98 Å². The van der Waals surface area contributed by atoms with Crippen LogP contribution in [-0.4, -0.2) is 24.1 Å². The molecule has 0 aliphatic rings. The lowest BCUT2D eigenvalue weighted by Gasteiger charge is -2.22. The number of aromatic nitrogens is 1. The first-order valence-corrected chi connectivity index (χ1v) is 6.60. The number of rotatable bonds is 5. The number of ether oxygens (including phenoxy) is 1. The van der Waals surface area contributed by atoms with Gasteiger partial charge in [-0.3, -0.25) is 4.98 Å². The standard InChI is InChI=1S/C15H17N3OS/c1-18(10-11-4-3-7-17-9-11)14-8-12(19-2)5-6-13(14)15(16)20/h3-9H,10H2,1-2H3,(H2,16,20). The minimum absolute atomic E-state index is 0.376. The molecule has 0 saturated heterocycles. The van der Waals surface area contributed by atoms with Gasteiger partial charge in [-0.1, -0.05) is 18.3 Å². The summed E-state index contributed by atoms with van der Waals surface area (Å²) in [6.45, 7) is 0.719. The highest BCUT2D eigenvalue weighted by Crippen LogP contribution is 2.26. The van der Waals surface area contributed by atoms with E-state index in [1.165, 1.54) is 0 Å². The van der Waals surface area contributed by atoms with E-state index in [9.17, 15) is 0 Å². The van der Waals surface area contributed by atoms with E-state index in [-0.39, 0.29) is 0 Å². The van der Waals surface area contributed by atoms with Gasteiger partial charge < -0.3 is 15.4 Å². The van der Waals surface area contributed by atoms with Crippen molar-refractivity contribution < 1.29 is 4.74 Å². The highest BCUT2D eigenvalue weighted by Gasteiger charge is 2.11. The molecule has 1 heterocycles. The Morgan fingerprint density at radius 2 is 2.20 bits per heavy atom. The van der Waals surface area contributed by atoms with Gasteiger partial charge >= 0.3 is 0 Å². The molecule has 1 aromatic heterocycles. The molecule has 104 valence electrons. The zero-order valence-corrected chi connectivity index (χ0v) is 12.4. The Labute approximate surface area is 124 Å². The van der Waals surface area contributed by atoms with Crippen LogP contribution in [0.3, 0.4) is 0 Å². The third-order valence-corrected chi connectivity index (χ3v) is 3.24. The second kappa shape index (κ2) is 6.34. The average Bonchev–Trinajstić information content (AvgIpc) is 2.47. The molecule has 0 aliphatic heterocycles. The number of anilines is 1. The molecular formula is C15H17N3OS. The third-order valence-electron chi connectivity index (χ3n) is 3.02. The first kappa shape index (κ1) is 14.3. The zero-order chi connectivity index (χ0) is 14.5. The molecule has 0 saturated carbocycles. The predicted octanol–water partition coefficient (Wildman–Crippen LogP) is 2.36. The molecule has 20 heavy (non-hydrogen) atoms. The summed E-state index contributed by atoms with van der Waals surface area (Å²) in [6.07, 6.45) is 3.60. The van der Waals surface area contributed by atoms with Crippen LogP contribution in [-0.2, 0) is 6.54 Å². The minimum Gasteiger partial charge on any atom is -0.497 e. The molecule has 1 aromatic carbocycles. The normalized spacial score (nSPS) is 10.1. The van der Waals surface area contributed by atoms with Crippen molar-refractivity contribution in [1.29, 1.82) is 0 Å². The van der Waals surface area contributed by atoms with Crippen molar-refractivity contribution in [3.63, 3.8) is 0 Å². The Morgan fingerprint density at radius 1 is 1.40 bits per heavy atom. The van der Waals surface area contributed by atoms with E-state index in [0.29, 0.717) is 4.99 Å². The van der Waals surface area contributed by atoms with Gasteiger partial charge in [0.1, 0.15) is 10.7 Å². The number of methoxy groups -OCH3 is 1.